The van der Waals surface area contributed by atoms with Gasteiger partial charge in [-0.25, -0.2) is 0 Å². The number of carbonyl (C=O) groups excluding carboxylic acids is 1. The van der Waals surface area contributed by atoms with Gasteiger partial charge >= 0.3 is 0 Å². The number of hydrogen-bond acceptors (Lipinski definition) is 2. The molecule has 86 valence electrons. The van der Waals surface area contributed by atoms with Crippen LogP contribution < -0.4 is 5.32 Å². The molecule has 1 N–H and O–H groups in total. The van der Waals surface area contributed by atoms with Crippen LogP contribution in [0.4, 0.5) is 0 Å². The average molecular weight is 210 g/mol. The first-order valence-electron chi connectivity index (χ1n) is 6.06. The third kappa shape index (κ3) is 2.51. The largest absolute Gasteiger partial charge is 0.349 e. The summed E-state index contributed by atoms with van der Waals surface area (Å²) in [5, 5.41) is 3.22. The highest BCUT2D eigenvalue weighted by Gasteiger charge is 2.39. The summed E-state index contributed by atoms with van der Waals surface area (Å²) in [4.78, 5) is 14.2. The molecule has 15 heavy (non-hydrogen) atoms. The standard InChI is InChI=1S/C12H22N2O/c1-9(2)14-7-6-12(3,8-14)13-11(15)10-4-5-10/h9-10H,4-8H2,1-3H3,(H,13,15). The maximum atomic E-state index is 11.7. The van der Waals surface area contributed by atoms with Crippen LogP contribution in [0, 0.1) is 5.92 Å². The fourth-order valence-electron chi connectivity index (χ4n) is 2.28. The molecule has 1 atom stereocenters. The van der Waals surface area contributed by atoms with Gasteiger partial charge in [-0.15, -0.1) is 0 Å². The molecule has 1 aliphatic heterocycles. The summed E-state index contributed by atoms with van der Waals surface area (Å²) in [7, 11) is 0. The van der Waals surface area contributed by atoms with Crippen LogP contribution in [0.2, 0.25) is 0 Å². The van der Waals surface area contributed by atoms with E-state index in [0.717, 1.165) is 32.4 Å². The van der Waals surface area contributed by atoms with Crippen LogP contribution in [-0.4, -0.2) is 35.5 Å². The number of nitrogens with zero attached hydrogens (tertiary/aromatic N) is 1. The van der Waals surface area contributed by atoms with E-state index in [1.165, 1.54) is 0 Å². The lowest BCUT2D eigenvalue weighted by Gasteiger charge is -2.27. The van der Waals surface area contributed by atoms with Gasteiger partial charge in [0.2, 0.25) is 5.91 Å². The minimum Gasteiger partial charge on any atom is -0.349 e. The SMILES string of the molecule is CC(C)N1CCC(C)(NC(=O)C2CC2)C1. The zero-order valence-electron chi connectivity index (χ0n) is 10.0. The number of nitrogens with one attached hydrogen (secondary N) is 1. The Hall–Kier alpha value is -0.570. The third-order valence-electron chi connectivity index (χ3n) is 3.61. The molecule has 3 nitrogen and oxygen atoms in total. The van der Waals surface area contributed by atoms with Crippen LogP contribution in [0.1, 0.15) is 40.0 Å². The molecule has 2 rings (SSSR count). The summed E-state index contributed by atoms with van der Waals surface area (Å²) < 4.78 is 0. The van der Waals surface area contributed by atoms with Gasteiger partial charge in [0, 0.05) is 25.0 Å². The predicted octanol–water partition coefficient (Wildman–Crippen LogP) is 1.39. The number of carbonyl (C=O) groups is 1. The predicted molar refractivity (Wildman–Crippen MR) is 60.6 cm³/mol. The molecule has 0 aromatic heterocycles. The lowest BCUT2D eigenvalue weighted by molar-refractivity contribution is -0.123. The molecule has 1 amide bonds. The molecule has 1 unspecified atom stereocenters. The van der Waals surface area contributed by atoms with Crippen molar-refractivity contribution in [1.29, 1.82) is 0 Å². The van der Waals surface area contributed by atoms with Crippen molar-refractivity contribution in [2.24, 2.45) is 5.92 Å². The average Bonchev–Trinajstić information content (AvgIpc) is 2.91. The summed E-state index contributed by atoms with van der Waals surface area (Å²) in [6.45, 7) is 8.72. The van der Waals surface area contributed by atoms with Crippen LogP contribution in [0.25, 0.3) is 0 Å². The molecule has 0 bridgehead atoms. The maximum absolute atomic E-state index is 11.7. The van der Waals surface area contributed by atoms with Crippen LogP contribution in [-0.2, 0) is 4.79 Å². The molecule has 1 heterocycles. The van der Waals surface area contributed by atoms with Crippen molar-refractivity contribution in [3.05, 3.63) is 0 Å². The van der Waals surface area contributed by atoms with Crippen molar-refractivity contribution < 1.29 is 4.79 Å². The Morgan fingerprint density at radius 2 is 2.13 bits per heavy atom. The van der Waals surface area contributed by atoms with Crippen LogP contribution in [0.3, 0.4) is 0 Å². The van der Waals surface area contributed by atoms with Crippen LogP contribution in [0.15, 0.2) is 0 Å². The van der Waals surface area contributed by atoms with E-state index < -0.39 is 0 Å². The van der Waals surface area contributed by atoms with Gasteiger partial charge in [0.1, 0.15) is 0 Å². The lowest BCUT2D eigenvalue weighted by atomic mass is 10.0. The highest BCUT2D eigenvalue weighted by Crippen LogP contribution is 2.31. The van der Waals surface area contributed by atoms with Crippen molar-refractivity contribution in [3.63, 3.8) is 0 Å². The first-order chi connectivity index (χ1) is 7.00. The molecule has 0 aromatic rings. The van der Waals surface area contributed by atoms with Gasteiger partial charge in [-0.3, -0.25) is 9.69 Å². The second-order valence-corrected chi connectivity index (χ2v) is 5.64. The van der Waals surface area contributed by atoms with Gasteiger partial charge in [-0.05, 0) is 40.0 Å². The Labute approximate surface area is 92.2 Å². The fraction of sp³-hybridized carbons (Fsp3) is 0.917. The fourth-order valence-corrected chi connectivity index (χ4v) is 2.28. The normalized spacial score (nSPS) is 32.3. The van der Waals surface area contributed by atoms with Gasteiger partial charge < -0.3 is 5.32 Å². The third-order valence-corrected chi connectivity index (χ3v) is 3.61. The molecule has 0 aromatic carbocycles. The minimum atomic E-state index is 0.0178. The molecule has 0 radical (unpaired) electrons. The Morgan fingerprint density at radius 1 is 1.47 bits per heavy atom. The molecule has 1 saturated carbocycles. The monoisotopic (exact) mass is 210 g/mol. The van der Waals surface area contributed by atoms with Crippen molar-refractivity contribution in [1.82, 2.24) is 10.2 Å². The molecule has 3 heteroatoms. The smallest absolute Gasteiger partial charge is 0.223 e. The number of likely N-dealkylation sites (tertiary alicyclic amines) is 1. The van der Waals surface area contributed by atoms with Gasteiger partial charge in [0.25, 0.3) is 0 Å². The van der Waals surface area contributed by atoms with E-state index in [2.05, 4.69) is 31.0 Å². The van der Waals surface area contributed by atoms with Crippen molar-refractivity contribution in [2.45, 2.75) is 51.6 Å². The van der Waals surface area contributed by atoms with Crippen molar-refractivity contribution in [3.8, 4) is 0 Å². The molecular formula is C12H22N2O. The highest BCUT2D eigenvalue weighted by atomic mass is 16.2. The van der Waals surface area contributed by atoms with Crippen molar-refractivity contribution >= 4 is 5.91 Å². The Balaban J connectivity index is 1.88. The lowest BCUT2D eigenvalue weighted by Crippen LogP contribution is -2.49. The van der Waals surface area contributed by atoms with Gasteiger partial charge in [-0.1, -0.05) is 0 Å². The topological polar surface area (TPSA) is 32.3 Å². The Kier molecular flexibility index (Phi) is 2.75. The highest BCUT2D eigenvalue weighted by molar-refractivity contribution is 5.81. The summed E-state index contributed by atoms with van der Waals surface area (Å²) in [6.07, 6.45) is 3.27. The molecular weight excluding hydrogens is 188 g/mol. The van der Waals surface area contributed by atoms with Crippen LogP contribution >= 0.6 is 0 Å². The number of amides is 1. The van der Waals surface area contributed by atoms with E-state index in [1.807, 2.05) is 0 Å². The number of hydrogen-bond donors (Lipinski definition) is 1. The van der Waals surface area contributed by atoms with Gasteiger partial charge in [-0.2, -0.15) is 0 Å². The van der Waals surface area contributed by atoms with E-state index in [-0.39, 0.29) is 11.4 Å². The van der Waals surface area contributed by atoms with E-state index >= 15 is 0 Å². The van der Waals surface area contributed by atoms with E-state index in [9.17, 15) is 4.79 Å². The second-order valence-electron chi connectivity index (χ2n) is 5.64. The van der Waals surface area contributed by atoms with Crippen molar-refractivity contribution in [2.75, 3.05) is 13.1 Å². The van der Waals surface area contributed by atoms with Crippen LogP contribution in [0.5, 0.6) is 0 Å². The molecule has 0 spiro atoms. The minimum absolute atomic E-state index is 0.0178. The summed E-state index contributed by atoms with van der Waals surface area (Å²) >= 11 is 0. The Morgan fingerprint density at radius 3 is 2.60 bits per heavy atom. The van der Waals surface area contributed by atoms with Gasteiger partial charge in [0.05, 0.1) is 5.54 Å². The van der Waals surface area contributed by atoms with E-state index in [0.29, 0.717) is 12.0 Å². The van der Waals surface area contributed by atoms with Gasteiger partial charge in [0.15, 0.2) is 0 Å². The Bertz CT molecular complexity index is 260. The molecule has 1 aliphatic carbocycles. The summed E-state index contributed by atoms with van der Waals surface area (Å²) in [6, 6.07) is 0.588. The number of rotatable bonds is 3. The van der Waals surface area contributed by atoms with E-state index in [1.54, 1.807) is 0 Å². The first-order valence-corrected chi connectivity index (χ1v) is 6.06. The molecule has 2 fully saturated rings. The van der Waals surface area contributed by atoms with E-state index in [4.69, 9.17) is 0 Å². The molecule has 1 saturated heterocycles. The summed E-state index contributed by atoms with van der Waals surface area (Å²) in [5.41, 5.74) is 0.0178. The second kappa shape index (κ2) is 3.78. The maximum Gasteiger partial charge on any atom is 0.223 e. The summed E-state index contributed by atoms with van der Waals surface area (Å²) in [5.74, 6) is 0.609. The molecule has 2 aliphatic rings. The first kappa shape index (κ1) is 10.9. The quantitative estimate of drug-likeness (QED) is 0.763. The zero-order chi connectivity index (χ0) is 11.1. The zero-order valence-corrected chi connectivity index (χ0v) is 10.0.